The van der Waals surface area contributed by atoms with Crippen molar-refractivity contribution in [3.05, 3.63) is 47.8 Å². The van der Waals surface area contributed by atoms with Crippen molar-refractivity contribution in [3.8, 4) is 0 Å². The van der Waals surface area contributed by atoms with E-state index in [1.165, 1.54) is 0 Å². The second-order valence-corrected chi connectivity index (χ2v) is 7.02. The van der Waals surface area contributed by atoms with Crippen molar-refractivity contribution < 1.29 is 9.59 Å². The number of hydrogen-bond donors (Lipinski definition) is 2. The van der Waals surface area contributed by atoms with Crippen molar-refractivity contribution in [2.45, 2.75) is 32.2 Å². The van der Waals surface area contributed by atoms with E-state index in [-0.39, 0.29) is 18.4 Å². The molecule has 1 atom stereocenters. The highest BCUT2D eigenvalue weighted by Gasteiger charge is 2.28. The number of aromatic nitrogens is 4. The summed E-state index contributed by atoms with van der Waals surface area (Å²) in [5, 5.41) is 0. The summed E-state index contributed by atoms with van der Waals surface area (Å²) in [6.45, 7) is 3.29. The van der Waals surface area contributed by atoms with E-state index in [4.69, 9.17) is 5.73 Å². The summed E-state index contributed by atoms with van der Waals surface area (Å²) in [4.78, 5) is 38.1. The highest BCUT2D eigenvalue weighted by atomic mass is 16.2. The SMILES string of the molecule is Cc1nc2ccc(C(=O)N3CCC[C@H](c4nccn4CC(N)=O)C3)cc2[nH]1. The van der Waals surface area contributed by atoms with Crippen LogP contribution in [0.15, 0.2) is 30.6 Å². The second kappa shape index (κ2) is 6.86. The van der Waals surface area contributed by atoms with Crippen LogP contribution in [0.3, 0.4) is 0 Å². The number of piperidine rings is 1. The molecule has 0 saturated carbocycles. The van der Waals surface area contributed by atoms with E-state index in [2.05, 4.69) is 15.0 Å². The molecule has 140 valence electrons. The average molecular weight is 366 g/mol. The first-order valence-corrected chi connectivity index (χ1v) is 9.06. The maximum Gasteiger partial charge on any atom is 0.253 e. The Balaban J connectivity index is 1.54. The van der Waals surface area contributed by atoms with Crippen LogP contribution in [0, 0.1) is 6.92 Å². The lowest BCUT2D eigenvalue weighted by molar-refractivity contribution is -0.118. The van der Waals surface area contributed by atoms with Crippen LogP contribution in [-0.4, -0.2) is 49.3 Å². The molecule has 2 aromatic heterocycles. The van der Waals surface area contributed by atoms with Gasteiger partial charge in [-0.25, -0.2) is 9.97 Å². The van der Waals surface area contributed by atoms with E-state index < -0.39 is 5.91 Å². The number of amides is 2. The molecule has 1 fully saturated rings. The van der Waals surface area contributed by atoms with Gasteiger partial charge in [0.15, 0.2) is 0 Å². The van der Waals surface area contributed by atoms with Crippen molar-refractivity contribution in [1.82, 2.24) is 24.4 Å². The summed E-state index contributed by atoms with van der Waals surface area (Å²) in [7, 11) is 0. The summed E-state index contributed by atoms with van der Waals surface area (Å²) in [6, 6.07) is 5.55. The molecule has 8 nitrogen and oxygen atoms in total. The van der Waals surface area contributed by atoms with Crippen molar-refractivity contribution in [1.29, 1.82) is 0 Å². The third kappa shape index (κ3) is 3.42. The summed E-state index contributed by atoms with van der Waals surface area (Å²) in [5.41, 5.74) is 7.69. The molecule has 8 heteroatoms. The highest BCUT2D eigenvalue weighted by Crippen LogP contribution is 2.27. The zero-order chi connectivity index (χ0) is 19.0. The van der Waals surface area contributed by atoms with E-state index >= 15 is 0 Å². The van der Waals surface area contributed by atoms with Gasteiger partial charge in [-0.05, 0) is 38.0 Å². The molecule has 2 amide bonds. The van der Waals surface area contributed by atoms with E-state index in [1.807, 2.05) is 30.0 Å². The van der Waals surface area contributed by atoms with Crippen LogP contribution in [0.25, 0.3) is 11.0 Å². The summed E-state index contributed by atoms with van der Waals surface area (Å²) in [5.74, 6) is 1.33. The summed E-state index contributed by atoms with van der Waals surface area (Å²) in [6.07, 6.45) is 5.26. The zero-order valence-corrected chi connectivity index (χ0v) is 15.2. The molecule has 0 spiro atoms. The smallest absolute Gasteiger partial charge is 0.253 e. The first-order valence-electron chi connectivity index (χ1n) is 9.06. The van der Waals surface area contributed by atoms with E-state index in [9.17, 15) is 9.59 Å². The normalized spacial score (nSPS) is 17.4. The van der Waals surface area contributed by atoms with Gasteiger partial charge in [-0.3, -0.25) is 9.59 Å². The van der Waals surface area contributed by atoms with Gasteiger partial charge in [-0.2, -0.15) is 0 Å². The van der Waals surface area contributed by atoms with Gasteiger partial charge in [0.25, 0.3) is 5.91 Å². The standard InChI is InChI=1S/C19H22N6O2/c1-12-22-15-5-4-13(9-16(15)23-12)19(27)25-7-2-3-14(10-25)18-21-6-8-24(18)11-17(20)26/h4-6,8-9,14H,2-3,7,10-11H2,1H3,(H2,20,26)(H,22,23)/t14-/m0/s1. The number of nitrogens with one attached hydrogen (secondary N) is 1. The fraction of sp³-hybridized carbons (Fsp3) is 0.368. The van der Waals surface area contributed by atoms with Gasteiger partial charge in [0.2, 0.25) is 5.91 Å². The van der Waals surface area contributed by atoms with E-state index in [0.29, 0.717) is 18.7 Å². The number of primary amides is 1. The Kier molecular flexibility index (Phi) is 4.39. The number of carbonyl (C=O) groups excluding carboxylic acids is 2. The largest absolute Gasteiger partial charge is 0.368 e. The summed E-state index contributed by atoms with van der Waals surface area (Å²) < 4.78 is 1.78. The van der Waals surface area contributed by atoms with Gasteiger partial charge in [-0.15, -0.1) is 0 Å². The molecule has 3 N–H and O–H groups in total. The van der Waals surface area contributed by atoms with Gasteiger partial charge >= 0.3 is 0 Å². The number of aryl methyl sites for hydroxylation is 1. The molecule has 4 rings (SSSR count). The Morgan fingerprint density at radius 3 is 3.04 bits per heavy atom. The number of fused-ring (bicyclic) bond motifs is 1. The zero-order valence-electron chi connectivity index (χ0n) is 15.2. The molecule has 1 aliphatic heterocycles. The third-order valence-corrected chi connectivity index (χ3v) is 4.99. The van der Waals surface area contributed by atoms with Crippen molar-refractivity contribution in [2.75, 3.05) is 13.1 Å². The minimum absolute atomic E-state index is 0.00172. The van der Waals surface area contributed by atoms with Crippen LogP contribution in [0.1, 0.15) is 40.8 Å². The van der Waals surface area contributed by atoms with Crippen molar-refractivity contribution in [3.63, 3.8) is 0 Å². The molecule has 0 unspecified atom stereocenters. The third-order valence-electron chi connectivity index (χ3n) is 4.99. The lowest BCUT2D eigenvalue weighted by atomic mass is 9.96. The Bertz CT molecular complexity index is 1000. The Hall–Kier alpha value is -3.16. The fourth-order valence-corrected chi connectivity index (χ4v) is 3.81. The van der Waals surface area contributed by atoms with Crippen LogP contribution < -0.4 is 5.73 Å². The Labute approximate surface area is 156 Å². The van der Waals surface area contributed by atoms with Gasteiger partial charge in [0.1, 0.15) is 18.2 Å². The van der Waals surface area contributed by atoms with E-state index in [0.717, 1.165) is 35.5 Å². The predicted octanol–water partition coefficient (Wildman–Crippen LogP) is 1.57. The molecule has 3 heterocycles. The Morgan fingerprint density at radius 1 is 1.37 bits per heavy atom. The minimum Gasteiger partial charge on any atom is -0.368 e. The molecular formula is C19H22N6O2. The van der Waals surface area contributed by atoms with Gasteiger partial charge < -0.3 is 20.2 Å². The number of rotatable bonds is 4. The van der Waals surface area contributed by atoms with Crippen LogP contribution in [0.5, 0.6) is 0 Å². The quantitative estimate of drug-likeness (QED) is 0.730. The molecule has 1 aliphatic rings. The van der Waals surface area contributed by atoms with Crippen molar-refractivity contribution >= 4 is 22.8 Å². The molecule has 3 aromatic rings. The number of hydrogen-bond acceptors (Lipinski definition) is 4. The molecule has 0 aliphatic carbocycles. The molecule has 27 heavy (non-hydrogen) atoms. The lowest BCUT2D eigenvalue weighted by Crippen LogP contribution is -2.40. The number of benzene rings is 1. The van der Waals surface area contributed by atoms with Gasteiger partial charge in [0.05, 0.1) is 11.0 Å². The minimum atomic E-state index is -0.402. The number of nitrogens with two attached hydrogens (primary N) is 1. The maximum atomic E-state index is 13.0. The number of carbonyl (C=O) groups is 2. The van der Waals surface area contributed by atoms with Crippen LogP contribution in [0.2, 0.25) is 0 Å². The highest BCUT2D eigenvalue weighted by molar-refractivity contribution is 5.97. The molecular weight excluding hydrogens is 344 g/mol. The van der Waals surface area contributed by atoms with Crippen LogP contribution in [-0.2, 0) is 11.3 Å². The average Bonchev–Trinajstić information content (AvgIpc) is 3.25. The van der Waals surface area contributed by atoms with Crippen LogP contribution >= 0.6 is 0 Å². The molecule has 1 aromatic carbocycles. The second-order valence-electron chi connectivity index (χ2n) is 7.02. The number of likely N-dealkylation sites (tertiary alicyclic amines) is 1. The monoisotopic (exact) mass is 366 g/mol. The molecule has 1 saturated heterocycles. The van der Waals surface area contributed by atoms with Gasteiger partial charge in [-0.1, -0.05) is 0 Å². The maximum absolute atomic E-state index is 13.0. The topological polar surface area (TPSA) is 110 Å². The number of imidazole rings is 2. The number of aromatic amines is 1. The lowest BCUT2D eigenvalue weighted by Gasteiger charge is -2.32. The number of nitrogens with zero attached hydrogens (tertiary/aromatic N) is 4. The van der Waals surface area contributed by atoms with E-state index in [1.54, 1.807) is 17.0 Å². The van der Waals surface area contributed by atoms with Crippen LogP contribution in [0.4, 0.5) is 0 Å². The first-order chi connectivity index (χ1) is 13.0. The predicted molar refractivity (Wildman–Crippen MR) is 100 cm³/mol. The molecule has 0 radical (unpaired) electrons. The molecule has 0 bridgehead atoms. The first kappa shape index (κ1) is 17.3. The summed E-state index contributed by atoms with van der Waals surface area (Å²) >= 11 is 0. The number of H-pyrrole nitrogens is 1. The fourth-order valence-electron chi connectivity index (χ4n) is 3.81. The van der Waals surface area contributed by atoms with Gasteiger partial charge in [0, 0.05) is 37.0 Å². The van der Waals surface area contributed by atoms with Crippen molar-refractivity contribution in [2.24, 2.45) is 5.73 Å². The Morgan fingerprint density at radius 2 is 2.22 bits per heavy atom.